The molecule has 0 aromatic heterocycles. The van der Waals surface area contributed by atoms with Gasteiger partial charge in [0.2, 0.25) is 0 Å². The second-order valence-electron chi connectivity index (χ2n) is 12.0. The molecule has 0 N–H and O–H groups in total. The first-order chi connectivity index (χ1) is 18.5. The lowest BCUT2D eigenvalue weighted by atomic mass is 10.0. The fraction of sp³-hybridized carbons (Fsp3) is 0.914. The van der Waals surface area contributed by atoms with Crippen molar-refractivity contribution >= 4 is 5.97 Å². The van der Waals surface area contributed by atoms with Crippen molar-refractivity contribution in [1.29, 1.82) is 0 Å². The third kappa shape index (κ3) is 22.0. The van der Waals surface area contributed by atoms with Crippen molar-refractivity contribution in [3.8, 4) is 0 Å². The van der Waals surface area contributed by atoms with E-state index in [2.05, 4.69) is 39.2 Å². The number of nitrogens with zero attached hydrogens (tertiary/aromatic N) is 1. The van der Waals surface area contributed by atoms with Crippen molar-refractivity contribution in [3.05, 3.63) is 12.7 Å². The van der Waals surface area contributed by atoms with Crippen LogP contribution in [-0.4, -0.2) is 29.2 Å². The molecule has 0 saturated heterocycles. The van der Waals surface area contributed by atoms with E-state index in [4.69, 9.17) is 4.74 Å². The largest absolute Gasteiger partial charge is 0.443 e. The van der Waals surface area contributed by atoms with E-state index in [1.807, 2.05) is 6.92 Å². The summed E-state index contributed by atoms with van der Waals surface area (Å²) in [6, 6.07) is 0.841. The van der Waals surface area contributed by atoms with E-state index in [9.17, 15) is 4.79 Å². The smallest absolute Gasteiger partial charge is 0.331 e. The summed E-state index contributed by atoms with van der Waals surface area (Å²) in [5.41, 5.74) is 0. The van der Waals surface area contributed by atoms with Gasteiger partial charge in [-0.05, 0) is 33.6 Å². The summed E-state index contributed by atoms with van der Waals surface area (Å²) in [6.07, 6.45) is 33.7. The lowest BCUT2D eigenvalue weighted by molar-refractivity contribution is -0.156. The van der Waals surface area contributed by atoms with Gasteiger partial charge in [-0.1, -0.05) is 162 Å². The van der Waals surface area contributed by atoms with E-state index in [1.165, 1.54) is 160 Å². The van der Waals surface area contributed by atoms with E-state index in [-0.39, 0.29) is 12.2 Å². The third-order valence-electron chi connectivity index (χ3n) is 8.34. The number of hydrogen-bond acceptors (Lipinski definition) is 3. The zero-order chi connectivity index (χ0) is 28.3. The maximum absolute atomic E-state index is 11.9. The number of carbonyl (C=O) groups is 1. The number of rotatable bonds is 29. The Labute approximate surface area is 239 Å². The molecule has 3 heteroatoms. The highest BCUT2D eigenvalue weighted by atomic mass is 16.6. The normalized spacial score (nSPS) is 13.9. The zero-order valence-corrected chi connectivity index (χ0v) is 26.8. The van der Waals surface area contributed by atoms with Crippen molar-refractivity contribution in [2.24, 2.45) is 0 Å². The van der Waals surface area contributed by atoms with E-state index < -0.39 is 0 Å². The highest BCUT2D eigenvalue weighted by molar-refractivity contribution is 5.81. The van der Waals surface area contributed by atoms with Crippen LogP contribution in [0.5, 0.6) is 0 Å². The number of esters is 1. The Morgan fingerprint density at radius 1 is 0.579 bits per heavy atom. The number of carbonyl (C=O) groups excluding carboxylic acids is 1. The molecule has 0 fully saturated rings. The molecule has 0 spiro atoms. The van der Waals surface area contributed by atoms with Crippen LogP contribution >= 0.6 is 0 Å². The topological polar surface area (TPSA) is 29.5 Å². The fourth-order valence-electron chi connectivity index (χ4n) is 5.93. The predicted molar refractivity (Wildman–Crippen MR) is 169 cm³/mol. The van der Waals surface area contributed by atoms with Crippen molar-refractivity contribution in [2.45, 2.75) is 207 Å². The van der Waals surface area contributed by atoms with Crippen LogP contribution in [0.2, 0.25) is 0 Å². The summed E-state index contributed by atoms with van der Waals surface area (Å²) in [5, 5.41) is 0. The van der Waals surface area contributed by atoms with Crippen LogP contribution in [0.4, 0.5) is 0 Å². The molecule has 3 nitrogen and oxygen atoms in total. The molecule has 0 aliphatic carbocycles. The van der Waals surface area contributed by atoms with Gasteiger partial charge in [0.05, 0.1) is 0 Å². The molecule has 3 unspecified atom stereocenters. The minimum absolute atomic E-state index is 0.203. The average molecular weight is 536 g/mol. The fourth-order valence-corrected chi connectivity index (χ4v) is 5.93. The van der Waals surface area contributed by atoms with Crippen LogP contribution < -0.4 is 0 Å². The highest BCUT2D eigenvalue weighted by Gasteiger charge is 2.27. The summed E-state index contributed by atoms with van der Waals surface area (Å²) < 4.78 is 5.69. The van der Waals surface area contributed by atoms with Crippen molar-refractivity contribution in [1.82, 2.24) is 4.90 Å². The predicted octanol–water partition coefficient (Wildman–Crippen LogP) is 11.5. The van der Waals surface area contributed by atoms with Gasteiger partial charge in [-0.2, -0.15) is 0 Å². The lowest BCUT2D eigenvalue weighted by Crippen LogP contribution is -2.47. The van der Waals surface area contributed by atoms with Crippen LogP contribution in [0.15, 0.2) is 12.7 Å². The first kappa shape index (κ1) is 37.2. The Bertz CT molecular complexity index is 488. The molecule has 0 bridgehead atoms. The van der Waals surface area contributed by atoms with Gasteiger partial charge in [0.25, 0.3) is 0 Å². The number of ether oxygens (including phenoxy) is 1. The molecule has 0 aromatic rings. The van der Waals surface area contributed by atoms with Crippen LogP contribution in [0.3, 0.4) is 0 Å². The van der Waals surface area contributed by atoms with Gasteiger partial charge in [-0.15, -0.1) is 0 Å². The molecule has 0 heterocycles. The molecule has 0 amide bonds. The monoisotopic (exact) mass is 536 g/mol. The van der Waals surface area contributed by atoms with Gasteiger partial charge in [-0.3, -0.25) is 4.90 Å². The zero-order valence-electron chi connectivity index (χ0n) is 26.8. The number of unbranched alkanes of at least 4 members (excludes halogenated alkanes) is 20. The summed E-state index contributed by atoms with van der Waals surface area (Å²) in [7, 11) is 0. The SMILES string of the molecule is C=CC(=O)OC(C)N(C(C)CCCCCCCCCCCCC)C(C)CCCCCCCCCCCCC. The van der Waals surface area contributed by atoms with Crippen LogP contribution in [-0.2, 0) is 9.53 Å². The highest BCUT2D eigenvalue weighted by Crippen LogP contribution is 2.22. The van der Waals surface area contributed by atoms with Gasteiger partial charge in [0.15, 0.2) is 6.23 Å². The Morgan fingerprint density at radius 3 is 1.16 bits per heavy atom. The third-order valence-corrected chi connectivity index (χ3v) is 8.34. The summed E-state index contributed by atoms with van der Waals surface area (Å²) >= 11 is 0. The van der Waals surface area contributed by atoms with Crippen LogP contribution in [0.1, 0.15) is 189 Å². The molecule has 0 aromatic carbocycles. The minimum atomic E-state index is -0.314. The van der Waals surface area contributed by atoms with Gasteiger partial charge in [0, 0.05) is 18.2 Å². The van der Waals surface area contributed by atoms with E-state index in [0.717, 1.165) is 0 Å². The lowest BCUT2D eigenvalue weighted by Gasteiger charge is -2.38. The molecule has 0 aliphatic rings. The molecule has 226 valence electrons. The second kappa shape index (κ2) is 27.7. The molecule has 38 heavy (non-hydrogen) atoms. The standard InChI is InChI=1S/C35H69NO2/c1-7-10-12-14-16-18-20-22-24-26-28-30-32(4)36(34(6)38-35(37)9-3)33(5)31-29-27-25-23-21-19-17-15-13-11-8-2/h9,32-34H,3,7-8,10-31H2,1-2,4-6H3. The maximum Gasteiger partial charge on any atom is 0.331 e. The number of hydrogen-bond donors (Lipinski definition) is 0. The Hall–Kier alpha value is -0.830. The van der Waals surface area contributed by atoms with Gasteiger partial charge in [-0.25, -0.2) is 4.79 Å². The van der Waals surface area contributed by atoms with Crippen molar-refractivity contribution in [2.75, 3.05) is 0 Å². The molecule has 0 radical (unpaired) electrons. The van der Waals surface area contributed by atoms with Gasteiger partial charge < -0.3 is 4.74 Å². The molecular weight excluding hydrogens is 466 g/mol. The van der Waals surface area contributed by atoms with E-state index >= 15 is 0 Å². The van der Waals surface area contributed by atoms with E-state index in [1.54, 1.807) is 0 Å². The van der Waals surface area contributed by atoms with Gasteiger partial charge in [0.1, 0.15) is 0 Å². The molecule has 0 aliphatic heterocycles. The van der Waals surface area contributed by atoms with E-state index in [0.29, 0.717) is 12.1 Å². The summed E-state index contributed by atoms with van der Waals surface area (Å²) in [5.74, 6) is -0.314. The quantitative estimate of drug-likeness (QED) is 0.0413. The molecule has 3 atom stereocenters. The first-order valence-electron chi connectivity index (χ1n) is 17.1. The van der Waals surface area contributed by atoms with Crippen LogP contribution in [0.25, 0.3) is 0 Å². The Morgan fingerprint density at radius 2 is 0.868 bits per heavy atom. The molecular formula is C35H69NO2. The maximum atomic E-state index is 11.9. The first-order valence-corrected chi connectivity index (χ1v) is 17.1. The molecule has 0 rings (SSSR count). The average Bonchev–Trinajstić information content (AvgIpc) is 2.90. The molecule has 0 saturated carbocycles. The van der Waals surface area contributed by atoms with Crippen molar-refractivity contribution in [3.63, 3.8) is 0 Å². The summed E-state index contributed by atoms with van der Waals surface area (Å²) in [4.78, 5) is 14.4. The van der Waals surface area contributed by atoms with Crippen LogP contribution in [0, 0.1) is 0 Å². The Kier molecular flexibility index (Phi) is 27.1. The summed E-state index contributed by atoms with van der Waals surface area (Å²) in [6.45, 7) is 14.8. The Balaban J connectivity index is 4.23. The van der Waals surface area contributed by atoms with Gasteiger partial charge >= 0.3 is 5.97 Å². The van der Waals surface area contributed by atoms with Crippen molar-refractivity contribution < 1.29 is 9.53 Å². The second-order valence-corrected chi connectivity index (χ2v) is 12.0. The minimum Gasteiger partial charge on any atom is -0.443 e.